The summed E-state index contributed by atoms with van der Waals surface area (Å²) in [7, 11) is 0. The maximum atomic E-state index is 5.69. The molecule has 0 amide bonds. The first-order valence-corrected chi connectivity index (χ1v) is 8.94. The Morgan fingerprint density at radius 1 is 1.19 bits per heavy atom. The van der Waals surface area contributed by atoms with Crippen LogP contribution in [0, 0.1) is 5.92 Å². The van der Waals surface area contributed by atoms with Crippen molar-refractivity contribution in [3.8, 4) is 11.5 Å². The minimum atomic E-state index is 0.629. The van der Waals surface area contributed by atoms with Gasteiger partial charge in [0, 0.05) is 16.2 Å². The van der Waals surface area contributed by atoms with Crippen LogP contribution in [0.4, 0.5) is 0 Å². The monoisotopic (exact) mass is 307 g/mol. The fourth-order valence-corrected chi connectivity index (χ4v) is 4.72. The second-order valence-corrected chi connectivity index (χ2v) is 7.36. The van der Waals surface area contributed by atoms with Gasteiger partial charge in [0.2, 0.25) is 0 Å². The van der Waals surface area contributed by atoms with E-state index in [-0.39, 0.29) is 0 Å². The topological polar surface area (TPSA) is 30.5 Å². The number of rotatable bonds is 4. The minimum absolute atomic E-state index is 0.629. The number of hydrogen-bond donors (Lipinski definition) is 1. The van der Waals surface area contributed by atoms with Gasteiger partial charge < -0.3 is 14.8 Å². The maximum absolute atomic E-state index is 5.69. The second-order valence-electron chi connectivity index (χ2n) is 6.04. The van der Waals surface area contributed by atoms with Gasteiger partial charge in [0.1, 0.15) is 13.2 Å². The first-order chi connectivity index (χ1) is 10.3. The predicted octanol–water partition coefficient (Wildman–Crippen LogP) is 3.72. The Balaban J connectivity index is 1.71. The van der Waals surface area contributed by atoms with Crippen molar-refractivity contribution in [1.82, 2.24) is 5.32 Å². The summed E-state index contributed by atoms with van der Waals surface area (Å²) in [6, 6.07) is 6.98. The first kappa shape index (κ1) is 15.0. The van der Waals surface area contributed by atoms with Gasteiger partial charge in [-0.1, -0.05) is 13.8 Å². The molecular weight excluding hydrogens is 282 g/mol. The van der Waals surface area contributed by atoms with Crippen molar-refractivity contribution in [2.45, 2.75) is 49.3 Å². The molecule has 1 heterocycles. The van der Waals surface area contributed by atoms with E-state index in [0.29, 0.717) is 24.5 Å². The molecule has 0 saturated heterocycles. The van der Waals surface area contributed by atoms with E-state index in [4.69, 9.17) is 9.47 Å². The molecular formula is C17H25NO2S. The predicted molar refractivity (Wildman–Crippen MR) is 87.6 cm³/mol. The molecule has 3 unspecified atom stereocenters. The van der Waals surface area contributed by atoms with Crippen molar-refractivity contribution >= 4 is 11.8 Å². The average molecular weight is 307 g/mol. The van der Waals surface area contributed by atoms with E-state index in [1.165, 1.54) is 24.2 Å². The molecule has 4 heteroatoms. The molecule has 0 bridgehead atoms. The normalized spacial score (nSPS) is 28.4. The Morgan fingerprint density at radius 2 is 2.00 bits per heavy atom. The van der Waals surface area contributed by atoms with E-state index < -0.39 is 0 Å². The summed E-state index contributed by atoms with van der Waals surface area (Å²) in [6.45, 7) is 6.93. The van der Waals surface area contributed by atoms with Crippen LogP contribution in [-0.2, 0) is 0 Å². The highest BCUT2D eigenvalue weighted by Crippen LogP contribution is 2.40. The van der Waals surface area contributed by atoms with Crippen molar-refractivity contribution < 1.29 is 9.47 Å². The lowest BCUT2D eigenvalue weighted by atomic mass is 9.87. The molecule has 116 valence electrons. The third kappa shape index (κ3) is 3.67. The lowest BCUT2D eigenvalue weighted by Gasteiger charge is -2.35. The molecule has 0 aromatic heterocycles. The fraction of sp³-hybridized carbons (Fsp3) is 0.647. The molecule has 0 radical (unpaired) electrons. The molecule has 1 fully saturated rings. The molecule has 1 aromatic carbocycles. The molecule has 1 aromatic rings. The number of fused-ring (bicyclic) bond motifs is 1. The van der Waals surface area contributed by atoms with Crippen LogP contribution in [0.3, 0.4) is 0 Å². The van der Waals surface area contributed by atoms with Gasteiger partial charge in [0.05, 0.1) is 0 Å². The number of hydrogen-bond acceptors (Lipinski definition) is 4. The molecule has 3 rings (SSSR count). The highest BCUT2D eigenvalue weighted by atomic mass is 32.2. The number of thioether (sulfide) groups is 1. The third-order valence-electron chi connectivity index (χ3n) is 4.32. The zero-order chi connectivity index (χ0) is 14.7. The first-order valence-electron chi connectivity index (χ1n) is 8.06. The fourth-order valence-electron chi connectivity index (χ4n) is 3.23. The Labute approximate surface area is 131 Å². The van der Waals surface area contributed by atoms with Gasteiger partial charge in [-0.2, -0.15) is 0 Å². The van der Waals surface area contributed by atoms with Crippen LogP contribution < -0.4 is 14.8 Å². The Morgan fingerprint density at radius 3 is 2.81 bits per heavy atom. The molecule has 2 aliphatic rings. The van der Waals surface area contributed by atoms with Crippen LogP contribution in [0.5, 0.6) is 11.5 Å². The lowest BCUT2D eigenvalue weighted by Crippen LogP contribution is -2.42. The summed E-state index contributed by atoms with van der Waals surface area (Å²) in [5.41, 5.74) is 0. The maximum Gasteiger partial charge on any atom is 0.162 e. The van der Waals surface area contributed by atoms with Crippen LogP contribution in [0.15, 0.2) is 23.1 Å². The molecule has 1 saturated carbocycles. The molecule has 1 aliphatic carbocycles. The summed E-state index contributed by atoms with van der Waals surface area (Å²) in [6.07, 6.45) is 3.92. The smallest absolute Gasteiger partial charge is 0.162 e. The molecule has 3 atom stereocenters. The molecule has 21 heavy (non-hydrogen) atoms. The minimum Gasteiger partial charge on any atom is -0.486 e. The standard InChI is InChI=1S/C17H25NO2S/c1-3-18-14-6-4-12(2)10-17(14)21-13-5-7-15-16(11-13)20-9-8-19-15/h5,7,11-12,14,17-18H,3-4,6,8-10H2,1-2H3. The van der Waals surface area contributed by atoms with E-state index >= 15 is 0 Å². The number of nitrogens with one attached hydrogen (secondary N) is 1. The Hall–Kier alpha value is -0.870. The third-order valence-corrected chi connectivity index (χ3v) is 5.67. The zero-order valence-electron chi connectivity index (χ0n) is 12.9. The van der Waals surface area contributed by atoms with Gasteiger partial charge in [-0.15, -0.1) is 11.8 Å². The van der Waals surface area contributed by atoms with Crippen molar-refractivity contribution in [3.63, 3.8) is 0 Å². The zero-order valence-corrected chi connectivity index (χ0v) is 13.7. The lowest BCUT2D eigenvalue weighted by molar-refractivity contribution is 0.171. The largest absolute Gasteiger partial charge is 0.486 e. The SMILES string of the molecule is CCNC1CCC(C)CC1Sc1ccc2c(c1)OCCO2. The Bertz CT molecular complexity index is 480. The van der Waals surface area contributed by atoms with Gasteiger partial charge >= 0.3 is 0 Å². The summed E-state index contributed by atoms with van der Waals surface area (Å²) < 4.78 is 11.3. The van der Waals surface area contributed by atoms with Crippen LogP contribution in [-0.4, -0.2) is 31.1 Å². The molecule has 1 N–H and O–H groups in total. The van der Waals surface area contributed by atoms with Crippen molar-refractivity contribution in [2.75, 3.05) is 19.8 Å². The van der Waals surface area contributed by atoms with Gasteiger partial charge in [-0.3, -0.25) is 0 Å². The van der Waals surface area contributed by atoms with E-state index in [1.54, 1.807) is 0 Å². The average Bonchev–Trinajstić information content (AvgIpc) is 2.50. The van der Waals surface area contributed by atoms with Crippen LogP contribution in [0.2, 0.25) is 0 Å². The Kier molecular flexibility index (Phi) is 4.96. The van der Waals surface area contributed by atoms with Crippen molar-refractivity contribution in [1.29, 1.82) is 0 Å². The van der Waals surface area contributed by atoms with Crippen molar-refractivity contribution in [3.05, 3.63) is 18.2 Å². The van der Waals surface area contributed by atoms with Crippen LogP contribution in [0.25, 0.3) is 0 Å². The number of ether oxygens (including phenoxy) is 2. The van der Waals surface area contributed by atoms with Gasteiger partial charge in [0.15, 0.2) is 11.5 Å². The molecule has 0 spiro atoms. The van der Waals surface area contributed by atoms with Gasteiger partial charge in [0.25, 0.3) is 0 Å². The van der Waals surface area contributed by atoms with E-state index in [1.807, 2.05) is 17.8 Å². The number of benzene rings is 1. The molecule has 3 nitrogen and oxygen atoms in total. The van der Waals surface area contributed by atoms with Crippen molar-refractivity contribution in [2.24, 2.45) is 5.92 Å². The van der Waals surface area contributed by atoms with E-state index in [0.717, 1.165) is 24.0 Å². The highest BCUT2D eigenvalue weighted by molar-refractivity contribution is 8.00. The quantitative estimate of drug-likeness (QED) is 0.918. The summed E-state index contributed by atoms with van der Waals surface area (Å²) in [5, 5.41) is 4.31. The highest BCUT2D eigenvalue weighted by Gasteiger charge is 2.29. The van der Waals surface area contributed by atoms with Gasteiger partial charge in [-0.25, -0.2) is 0 Å². The summed E-state index contributed by atoms with van der Waals surface area (Å²) >= 11 is 1.99. The summed E-state index contributed by atoms with van der Waals surface area (Å²) in [5.74, 6) is 2.61. The van der Waals surface area contributed by atoms with Gasteiger partial charge in [-0.05, 0) is 49.9 Å². The molecule has 1 aliphatic heterocycles. The van der Waals surface area contributed by atoms with Crippen LogP contribution >= 0.6 is 11.8 Å². The summed E-state index contributed by atoms with van der Waals surface area (Å²) in [4.78, 5) is 1.29. The van der Waals surface area contributed by atoms with Crippen LogP contribution in [0.1, 0.15) is 33.1 Å². The van der Waals surface area contributed by atoms with E-state index in [9.17, 15) is 0 Å². The second kappa shape index (κ2) is 6.93. The van der Waals surface area contributed by atoms with E-state index in [2.05, 4.69) is 31.3 Å².